The maximum atomic E-state index is 13.6. The molecule has 1 unspecified atom stereocenters. The van der Waals surface area contributed by atoms with Gasteiger partial charge in [-0.2, -0.15) is 0 Å². The van der Waals surface area contributed by atoms with Crippen LogP contribution < -0.4 is 0 Å². The van der Waals surface area contributed by atoms with Crippen LogP contribution in [0, 0.1) is 40.4 Å². The Balaban J connectivity index is 1.68. The van der Waals surface area contributed by atoms with Crippen LogP contribution in [0.25, 0.3) is 0 Å². The zero-order chi connectivity index (χ0) is 37.9. The number of hydrogen-bond acceptors (Lipinski definition) is 9. The summed E-state index contributed by atoms with van der Waals surface area (Å²) < 4.78 is 24.4. The number of ether oxygens (including phenoxy) is 4. The first-order chi connectivity index (χ1) is 23.9. The minimum absolute atomic E-state index is 0.0500. The van der Waals surface area contributed by atoms with Gasteiger partial charge in [-0.1, -0.05) is 112 Å². The van der Waals surface area contributed by atoms with Gasteiger partial charge < -0.3 is 24.1 Å². The monoisotopic (exact) mass is 714 g/mol. The lowest BCUT2D eigenvalue weighted by Crippen LogP contribution is -2.64. The van der Waals surface area contributed by atoms with Crippen molar-refractivity contribution in [2.24, 2.45) is 40.4 Å². The molecule has 9 heteroatoms. The predicted molar refractivity (Wildman–Crippen MR) is 195 cm³/mol. The van der Waals surface area contributed by atoms with Gasteiger partial charge in [-0.3, -0.25) is 19.2 Å². The Morgan fingerprint density at radius 1 is 0.882 bits per heavy atom. The number of hydrogen-bond donors (Lipinski definition) is 1. The molecule has 1 N–H and O–H groups in total. The fourth-order valence-electron chi connectivity index (χ4n) is 10.0. The highest BCUT2D eigenvalue weighted by molar-refractivity contribution is 5.73. The molecule has 9 atom stereocenters. The molecule has 2 bridgehead atoms. The Morgan fingerprint density at radius 2 is 1.45 bits per heavy atom. The van der Waals surface area contributed by atoms with Gasteiger partial charge in [0.05, 0.1) is 5.92 Å². The van der Waals surface area contributed by atoms with E-state index in [1.54, 1.807) is 0 Å². The van der Waals surface area contributed by atoms with Crippen molar-refractivity contribution >= 4 is 23.9 Å². The van der Waals surface area contributed by atoms with Crippen molar-refractivity contribution < 1.29 is 43.2 Å². The SMILES string of the molecule is CCCCCCCCCCCC(=O)O[C@@]12C[C@@H](C)[C@]34C=C(C)[C@H](OC(C)=O)[C@@]3(O)[C@H](OC(C)=O)C(COC(=O)C(C)C(C)C)=C[C@H](C4)[C@@H]1C2(C)C. The van der Waals surface area contributed by atoms with Crippen LogP contribution in [0.15, 0.2) is 23.3 Å². The van der Waals surface area contributed by atoms with Crippen molar-refractivity contribution in [3.63, 3.8) is 0 Å². The fraction of sp³-hybridized carbons (Fsp3) is 0.810. The molecule has 0 aliphatic heterocycles. The Kier molecular flexibility index (Phi) is 13.0. The second kappa shape index (κ2) is 16.1. The summed E-state index contributed by atoms with van der Waals surface area (Å²) in [5.41, 5.74) is -2.98. The molecule has 2 saturated carbocycles. The zero-order valence-electron chi connectivity index (χ0n) is 33.1. The van der Waals surface area contributed by atoms with E-state index in [9.17, 15) is 24.3 Å². The van der Waals surface area contributed by atoms with Crippen molar-refractivity contribution in [1.29, 1.82) is 0 Å². The van der Waals surface area contributed by atoms with Crippen LogP contribution in [-0.2, 0) is 38.1 Å². The summed E-state index contributed by atoms with van der Waals surface area (Å²) in [5.74, 6) is -2.70. The van der Waals surface area contributed by atoms with E-state index in [0.29, 0.717) is 30.4 Å². The van der Waals surface area contributed by atoms with Gasteiger partial charge in [0.1, 0.15) is 12.2 Å². The minimum Gasteiger partial charge on any atom is -0.461 e. The lowest BCUT2D eigenvalue weighted by atomic mass is 9.59. The average Bonchev–Trinajstić information content (AvgIpc) is 3.49. The summed E-state index contributed by atoms with van der Waals surface area (Å²) in [7, 11) is 0. The molecular weight excluding hydrogens is 648 g/mol. The highest BCUT2D eigenvalue weighted by atomic mass is 16.6. The van der Waals surface area contributed by atoms with E-state index in [0.717, 1.165) is 19.3 Å². The Hall–Kier alpha value is -2.68. The number of unbranched alkanes of at least 4 members (excludes halogenated alkanes) is 8. The normalized spacial score (nSPS) is 33.8. The Labute approximate surface area is 306 Å². The molecule has 4 aliphatic carbocycles. The number of aliphatic hydroxyl groups is 1. The van der Waals surface area contributed by atoms with Crippen molar-refractivity contribution in [2.45, 2.75) is 170 Å². The van der Waals surface area contributed by atoms with Gasteiger partial charge in [0.2, 0.25) is 0 Å². The number of rotatable bonds is 17. The molecule has 288 valence electrons. The standard InChI is InChI=1S/C42H66O9/c1-11-12-13-14-15-16-17-18-19-20-34(45)51-41-23-28(5)40-22-27(4)36(49-30(7)43)42(40,47)37(50-31(8)44)33(25-48-38(46)29(6)26(2)3)21-32(24-40)35(41)39(41,9)10/h21-22,26,28-29,32,35-37,47H,11-20,23-25H2,1-10H3/t28-,29?,32-,35-,36+,37-,40-,41+,42-/m1/s1. The van der Waals surface area contributed by atoms with Crippen molar-refractivity contribution in [1.82, 2.24) is 0 Å². The summed E-state index contributed by atoms with van der Waals surface area (Å²) in [6.07, 6.45) is 13.4. The van der Waals surface area contributed by atoms with Gasteiger partial charge in [-0.25, -0.2) is 0 Å². The first-order valence-corrected chi connectivity index (χ1v) is 19.7. The number of fused-ring (bicyclic) bond motifs is 3. The van der Waals surface area contributed by atoms with Gasteiger partial charge in [-0.15, -0.1) is 0 Å². The maximum absolute atomic E-state index is 13.6. The fourth-order valence-corrected chi connectivity index (χ4v) is 10.0. The first kappa shape index (κ1) is 41.1. The number of carbonyl (C=O) groups is 4. The highest BCUT2D eigenvalue weighted by Crippen LogP contribution is 2.76. The van der Waals surface area contributed by atoms with E-state index in [1.807, 2.05) is 39.8 Å². The smallest absolute Gasteiger partial charge is 0.309 e. The van der Waals surface area contributed by atoms with Crippen molar-refractivity contribution in [2.75, 3.05) is 6.61 Å². The van der Waals surface area contributed by atoms with E-state index in [4.69, 9.17) is 18.9 Å². The molecule has 4 aliphatic rings. The van der Waals surface area contributed by atoms with Crippen LogP contribution in [0.1, 0.15) is 146 Å². The third kappa shape index (κ3) is 7.84. The molecule has 0 amide bonds. The van der Waals surface area contributed by atoms with E-state index in [2.05, 4.69) is 27.7 Å². The molecule has 4 rings (SSSR count). The van der Waals surface area contributed by atoms with E-state index < -0.39 is 46.7 Å². The summed E-state index contributed by atoms with van der Waals surface area (Å²) in [4.78, 5) is 52.0. The van der Waals surface area contributed by atoms with Crippen molar-refractivity contribution in [3.8, 4) is 0 Å². The molecule has 51 heavy (non-hydrogen) atoms. The lowest BCUT2D eigenvalue weighted by molar-refractivity contribution is -0.214. The molecule has 1 spiro atoms. The minimum atomic E-state index is -1.91. The molecule has 0 aromatic heterocycles. The molecule has 0 saturated heterocycles. The topological polar surface area (TPSA) is 125 Å². The number of esters is 4. The first-order valence-electron chi connectivity index (χ1n) is 19.7. The largest absolute Gasteiger partial charge is 0.461 e. The summed E-state index contributed by atoms with van der Waals surface area (Å²) >= 11 is 0. The zero-order valence-corrected chi connectivity index (χ0v) is 33.1. The van der Waals surface area contributed by atoms with Crippen LogP contribution in [0.3, 0.4) is 0 Å². The van der Waals surface area contributed by atoms with E-state index in [-0.39, 0.29) is 47.6 Å². The Morgan fingerprint density at radius 3 is 2.02 bits per heavy atom. The molecule has 9 nitrogen and oxygen atoms in total. The quantitative estimate of drug-likeness (QED) is 0.0687. The number of carbonyl (C=O) groups excluding carboxylic acids is 4. The summed E-state index contributed by atoms with van der Waals surface area (Å²) in [6.45, 7) is 18.5. The van der Waals surface area contributed by atoms with Crippen LogP contribution in [0.2, 0.25) is 0 Å². The second-order valence-corrected chi connectivity index (χ2v) is 17.2. The molecule has 0 radical (unpaired) electrons. The van der Waals surface area contributed by atoms with Crippen LogP contribution in [0.4, 0.5) is 0 Å². The molecular formula is C42H66O9. The van der Waals surface area contributed by atoms with Crippen molar-refractivity contribution in [3.05, 3.63) is 23.3 Å². The second-order valence-electron chi connectivity index (χ2n) is 17.2. The third-order valence-electron chi connectivity index (χ3n) is 13.1. The van der Waals surface area contributed by atoms with Crippen LogP contribution >= 0.6 is 0 Å². The van der Waals surface area contributed by atoms with Gasteiger partial charge in [0.15, 0.2) is 17.8 Å². The van der Waals surface area contributed by atoms with E-state index in [1.165, 1.54) is 52.4 Å². The van der Waals surface area contributed by atoms with Gasteiger partial charge >= 0.3 is 23.9 Å². The highest BCUT2D eigenvalue weighted by Gasteiger charge is 2.81. The van der Waals surface area contributed by atoms with Crippen LogP contribution in [-0.4, -0.2) is 59.0 Å². The molecule has 2 fully saturated rings. The molecule has 0 aromatic carbocycles. The number of allylic oxidation sites excluding steroid dienone is 1. The van der Waals surface area contributed by atoms with Gasteiger partial charge in [0.25, 0.3) is 0 Å². The summed E-state index contributed by atoms with van der Waals surface area (Å²) in [5, 5.41) is 13.3. The van der Waals surface area contributed by atoms with E-state index >= 15 is 0 Å². The Bertz CT molecular complexity index is 1360. The molecule has 0 heterocycles. The third-order valence-corrected chi connectivity index (χ3v) is 13.1. The molecule has 0 aromatic rings. The average molecular weight is 715 g/mol. The predicted octanol–water partition coefficient (Wildman–Crippen LogP) is 8.21. The van der Waals surface area contributed by atoms with Gasteiger partial charge in [0, 0.05) is 42.6 Å². The van der Waals surface area contributed by atoms with Crippen LogP contribution in [0.5, 0.6) is 0 Å². The summed E-state index contributed by atoms with van der Waals surface area (Å²) in [6, 6.07) is 0. The lowest BCUT2D eigenvalue weighted by Gasteiger charge is -2.51. The maximum Gasteiger partial charge on any atom is 0.309 e. The van der Waals surface area contributed by atoms with Gasteiger partial charge in [-0.05, 0) is 49.5 Å².